The van der Waals surface area contributed by atoms with Gasteiger partial charge in [0.1, 0.15) is 30.4 Å². The molecule has 1 aliphatic rings. The molecule has 3 heterocycles. The summed E-state index contributed by atoms with van der Waals surface area (Å²) in [6.07, 6.45) is -2.63. The summed E-state index contributed by atoms with van der Waals surface area (Å²) in [4.78, 5) is 23.3. The Bertz CT molecular complexity index is 782. The van der Waals surface area contributed by atoms with Gasteiger partial charge in [-0.25, -0.2) is 9.78 Å². The smallest absolute Gasteiger partial charge is 0.331 e. The Morgan fingerprint density at radius 1 is 1.44 bits per heavy atom. The van der Waals surface area contributed by atoms with Crippen LogP contribution in [0.3, 0.4) is 0 Å². The first-order chi connectivity index (χ1) is 12.0. The third-order valence-electron chi connectivity index (χ3n) is 3.85. The van der Waals surface area contributed by atoms with Crippen molar-refractivity contribution in [3.05, 3.63) is 6.33 Å². The number of aliphatic hydroxyl groups excluding tert-OH is 2. The van der Waals surface area contributed by atoms with E-state index in [0.29, 0.717) is 5.52 Å². The fourth-order valence-electron chi connectivity index (χ4n) is 2.64. The molecule has 0 saturated carbocycles. The van der Waals surface area contributed by atoms with Crippen molar-refractivity contribution in [3.63, 3.8) is 0 Å². The second-order valence-corrected chi connectivity index (χ2v) is 5.38. The van der Waals surface area contributed by atoms with E-state index in [0.717, 1.165) is 0 Å². The van der Waals surface area contributed by atoms with Crippen molar-refractivity contribution in [1.82, 2.24) is 19.5 Å². The topological polar surface area (TPSA) is 181 Å². The number of methoxy groups -OCH3 is 1. The number of nitrogens with zero attached hydrogens (tertiary/aromatic N) is 4. The van der Waals surface area contributed by atoms with Crippen LogP contribution in [0.4, 0.5) is 11.8 Å². The number of aliphatic hydroxyl groups is 2. The van der Waals surface area contributed by atoms with Crippen LogP contribution in [-0.2, 0) is 19.0 Å². The molecular formula is C13H18N6O6. The van der Waals surface area contributed by atoms with E-state index in [2.05, 4.69) is 19.7 Å². The minimum absolute atomic E-state index is 0.0592. The first-order valence-electron chi connectivity index (χ1n) is 7.34. The molecule has 0 bridgehead atoms. The highest BCUT2D eigenvalue weighted by atomic mass is 16.6. The van der Waals surface area contributed by atoms with Gasteiger partial charge in [0.2, 0.25) is 5.95 Å². The Kier molecular flexibility index (Phi) is 4.67. The second-order valence-electron chi connectivity index (χ2n) is 5.38. The fourth-order valence-corrected chi connectivity index (χ4v) is 2.64. The van der Waals surface area contributed by atoms with Crippen LogP contribution >= 0.6 is 0 Å². The van der Waals surface area contributed by atoms with Gasteiger partial charge in [0.25, 0.3) is 0 Å². The van der Waals surface area contributed by atoms with Gasteiger partial charge in [0, 0.05) is 0 Å². The molecule has 2 aromatic rings. The van der Waals surface area contributed by atoms with Crippen molar-refractivity contribution in [2.75, 3.05) is 31.8 Å². The summed E-state index contributed by atoms with van der Waals surface area (Å²) in [5.41, 5.74) is 12.0. The molecule has 2 aromatic heterocycles. The van der Waals surface area contributed by atoms with E-state index in [1.54, 1.807) is 0 Å². The number of imidazole rings is 1. The summed E-state index contributed by atoms with van der Waals surface area (Å²) >= 11 is 0. The summed E-state index contributed by atoms with van der Waals surface area (Å²) in [5, 5.41) is 19.7. The molecule has 6 N–H and O–H groups in total. The zero-order valence-electron chi connectivity index (χ0n) is 13.3. The van der Waals surface area contributed by atoms with Crippen molar-refractivity contribution in [2.45, 2.75) is 24.5 Å². The number of nitrogens with two attached hydrogens (primary N) is 2. The molecule has 0 spiro atoms. The van der Waals surface area contributed by atoms with E-state index in [4.69, 9.17) is 20.9 Å². The molecule has 12 nitrogen and oxygen atoms in total. The molecule has 0 radical (unpaired) electrons. The lowest BCUT2D eigenvalue weighted by Gasteiger charge is -2.21. The number of anilines is 2. The van der Waals surface area contributed by atoms with E-state index in [-0.39, 0.29) is 17.4 Å². The van der Waals surface area contributed by atoms with Crippen LogP contribution in [0, 0.1) is 0 Å². The van der Waals surface area contributed by atoms with Crippen LogP contribution in [0.25, 0.3) is 11.2 Å². The van der Waals surface area contributed by atoms with Crippen molar-refractivity contribution < 1.29 is 29.2 Å². The van der Waals surface area contributed by atoms with E-state index in [9.17, 15) is 15.0 Å². The van der Waals surface area contributed by atoms with Gasteiger partial charge in [0.15, 0.2) is 17.7 Å². The lowest BCUT2D eigenvalue weighted by Crippen LogP contribution is -2.36. The van der Waals surface area contributed by atoms with Crippen LogP contribution < -0.4 is 11.5 Å². The molecule has 12 heteroatoms. The summed E-state index contributed by atoms with van der Waals surface area (Å²) < 4.78 is 17.0. The van der Waals surface area contributed by atoms with Crippen molar-refractivity contribution in [2.24, 2.45) is 0 Å². The van der Waals surface area contributed by atoms with Crippen LogP contribution in [0.1, 0.15) is 6.23 Å². The Morgan fingerprint density at radius 3 is 2.88 bits per heavy atom. The average molecular weight is 354 g/mol. The number of aromatic nitrogens is 4. The fraction of sp³-hybridized carbons (Fsp3) is 0.538. The van der Waals surface area contributed by atoms with Gasteiger partial charge in [-0.15, -0.1) is 0 Å². The molecule has 0 amide bonds. The number of nitrogen functional groups attached to an aromatic ring is 2. The molecule has 0 aromatic carbocycles. The monoisotopic (exact) mass is 354 g/mol. The second kappa shape index (κ2) is 6.76. The average Bonchev–Trinajstić information content (AvgIpc) is 3.13. The SMILES string of the molecule is COC(=O)COC1C(O)C(CO)OC1n1cnc2c(N)nc(N)nc21. The molecule has 3 rings (SSSR count). The number of fused-ring (bicyclic) bond motifs is 1. The van der Waals surface area contributed by atoms with Crippen molar-refractivity contribution in [1.29, 1.82) is 0 Å². The van der Waals surface area contributed by atoms with E-state index < -0.39 is 43.7 Å². The first kappa shape index (κ1) is 17.3. The van der Waals surface area contributed by atoms with Gasteiger partial charge in [0.05, 0.1) is 20.0 Å². The summed E-state index contributed by atoms with van der Waals surface area (Å²) in [6, 6.07) is 0. The molecule has 25 heavy (non-hydrogen) atoms. The van der Waals surface area contributed by atoms with E-state index in [1.807, 2.05) is 0 Å². The summed E-state index contributed by atoms with van der Waals surface area (Å²) in [6.45, 7) is -0.843. The van der Waals surface area contributed by atoms with E-state index in [1.165, 1.54) is 18.0 Å². The van der Waals surface area contributed by atoms with Gasteiger partial charge in [-0.2, -0.15) is 9.97 Å². The summed E-state index contributed by atoms with van der Waals surface area (Å²) in [5.74, 6) is -0.591. The minimum atomic E-state index is -1.19. The van der Waals surface area contributed by atoms with Crippen LogP contribution in [0.5, 0.6) is 0 Å². The molecule has 1 aliphatic heterocycles. The Balaban J connectivity index is 1.96. The Morgan fingerprint density at radius 2 is 2.20 bits per heavy atom. The third kappa shape index (κ3) is 3.07. The number of carbonyl (C=O) groups excluding carboxylic acids is 1. The zero-order chi connectivity index (χ0) is 18.1. The molecule has 4 unspecified atom stereocenters. The summed E-state index contributed by atoms with van der Waals surface area (Å²) in [7, 11) is 1.22. The zero-order valence-corrected chi connectivity index (χ0v) is 13.3. The molecule has 1 fully saturated rings. The van der Waals surface area contributed by atoms with Crippen LogP contribution in [0.2, 0.25) is 0 Å². The number of rotatable bonds is 5. The number of esters is 1. The number of carbonyl (C=O) groups is 1. The molecule has 1 saturated heterocycles. The number of hydrogen-bond acceptors (Lipinski definition) is 11. The van der Waals surface area contributed by atoms with Crippen LogP contribution in [-0.4, -0.2) is 74.3 Å². The Labute approximate surface area is 141 Å². The number of hydrogen-bond donors (Lipinski definition) is 4. The Hall–Kier alpha value is -2.54. The van der Waals surface area contributed by atoms with Crippen molar-refractivity contribution in [3.8, 4) is 0 Å². The quantitative estimate of drug-likeness (QED) is 0.428. The van der Waals surface area contributed by atoms with Gasteiger partial charge < -0.3 is 35.9 Å². The molecule has 0 aliphatic carbocycles. The highest BCUT2D eigenvalue weighted by Gasteiger charge is 2.46. The largest absolute Gasteiger partial charge is 0.467 e. The minimum Gasteiger partial charge on any atom is -0.467 e. The number of ether oxygens (including phenoxy) is 3. The van der Waals surface area contributed by atoms with Gasteiger partial charge in [-0.05, 0) is 0 Å². The highest BCUT2D eigenvalue weighted by Crippen LogP contribution is 2.34. The van der Waals surface area contributed by atoms with Gasteiger partial charge in [-0.1, -0.05) is 0 Å². The maximum Gasteiger partial charge on any atom is 0.331 e. The maximum atomic E-state index is 11.3. The lowest BCUT2D eigenvalue weighted by molar-refractivity contribution is -0.152. The first-order valence-corrected chi connectivity index (χ1v) is 7.34. The maximum absolute atomic E-state index is 11.3. The van der Waals surface area contributed by atoms with Gasteiger partial charge in [-0.3, -0.25) is 4.57 Å². The predicted octanol–water partition coefficient (Wildman–Crippen LogP) is -2.20. The molecule has 136 valence electrons. The van der Waals surface area contributed by atoms with Gasteiger partial charge >= 0.3 is 5.97 Å². The predicted molar refractivity (Wildman–Crippen MR) is 82.9 cm³/mol. The third-order valence-corrected chi connectivity index (χ3v) is 3.85. The molecular weight excluding hydrogens is 336 g/mol. The van der Waals surface area contributed by atoms with Crippen molar-refractivity contribution >= 4 is 28.9 Å². The lowest BCUT2D eigenvalue weighted by atomic mass is 10.1. The standard InChI is InChI=1S/C13H18N6O6/c1-23-6(21)3-24-9-8(22)5(2-20)25-12(9)19-4-16-7-10(14)17-13(15)18-11(7)19/h4-5,8-9,12,20,22H,2-3H2,1H3,(H4,14,15,17,18). The van der Waals surface area contributed by atoms with E-state index >= 15 is 0 Å². The normalized spacial score (nSPS) is 26.2. The highest BCUT2D eigenvalue weighted by molar-refractivity contribution is 5.82. The molecule has 4 atom stereocenters. The van der Waals surface area contributed by atoms with Crippen LogP contribution in [0.15, 0.2) is 6.33 Å².